The van der Waals surface area contributed by atoms with Crippen LogP contribution in [0.5, 0.6) is 0 Å². The van der Waals surface area contributed by atoms with Crippen molar-refractivity contribution in [1.82, 2.24) is 4.72 Å². The fraction of sp³-hybridized carbons (Fsp3) is 0.600. The van der Waals surface area contributed by atoms with Gasteiger partial charge in [0.05, 0.1) is 5.75 Å². The monoisotopic (exact) mass is 262 g/mol. The summed E-state index contributed by atoms with van der Waals surface area (Å²) < 4.78 is 25.5. The lowest BCUT2D eigenvalue weighted by atomic mass is 9.92. The third kappa shape index (κ3) is 3.86. The van der Waals surface area contributed by atoms with Gasteiger partial charge in [-0.3, -0.25) is 0 Å². The Morgan fingerprint density at radius 1 is 1.50 bits per heavy atom. The van der Waals surface area contributed by atoms with Crippen LogP contribution in [0.3, 0.4) is 0 Å². The van der Waals surface area contributed by atoms with Gasteiger partial charge in [-0.15, -0.1) is 11.3 Å². The van der Waals surface area contributed by atoms with Gasteiger partial charge >= 0.3 is 0 Å². The van der Waals surface area contributed by atoms with Crippen molar-refractivity contribution in [1.29, 1.82) is 0 Å². The first-order valence-electron chi connectivity index (χ1n) is 5.09. The molecule has 0 saturated carbocycles. The zero-order valence-electron chi connectivity index (χ0n) is 9.56. The van der Waals surface area contributed by atoms with Crippen LogP contribution < -0.4 is 10.5 Å². The summed E-state index contributed by atoms with van der Waals surface area (Å²) in [5.74, 6) is -0.0203. The van der Waals surface area contributed by atoms with E-state index >= 15 is 0 Å². The standard InChI is InChI=1S/C10H18N2O2S2/c1-10(2,9-4-3-6-15-9)8-12-16(13,14)7-5-11/h3-4,6,12H,5,7-8,11H2,1-2H3. The van der Waals surface area contributed by atoms with Crippen LogP contribution in [0.25, 0.3) is 0 Å². The normalized spacial score (nSPS) is 12.9. The van der Waals surface area contributed by atoms with Crippen molar-refractivity contribution < 1.29 is 8.42 Å². The average molecular weight is 262 g/mol. The predicted octanol–water partition coefficient (Wildman–Crippen LogP) is 0.904. The molecule has 0 atom stereocenters. The van der Waals surface area contributed by atoms with E-state index in [2.05, 4.69) is 4.72 Å². The third-order valence-corrected chi connectivity index (χ3v) is 4.90. The lowest BCUT2D eigenvalue weighted by Crippen LogP contribution is -2.38. The Kier molecular flexibility index (Phi) is 4.49. The molecular weight excluding hydrogens is 244 g/mol. The van der Waals surface area contributed by atoms with E-state index in [-0.39, 0.29) is 17.7 Å². The van der Waals surface area contributed by atoms with Gasteiger partial charge in [0.1, 0.15) is 0 Å². The van der Waals surface area contributed by atoms with E-state index in [1.807, 2.05) is 31.4 Å². The van der Waals surface area contributed by atoms with Crippen LogP contribution in [-0.2, 0) is 15.4 Å². The molecule has 92 valence electrons. The predicted molar refractivity (Wildman–Crippen MR) is 68.2 cm³/mol. The fourth-order valence-corrected chi connectivity index (χ4v) is 3.16. The smallest absolute Gasteiger partial charge is 0.212 e. The van der Waals surface area contributed by atoms with Crippen molar-refractivity contribution in [2.45, 2.75) is 19.3 Å². The Hall–Kier alpha value is -0.430. The molecule has 4 nitrogen and oxygen atoms in total. The summed E-state index contributed by atoms with van der Waals surface area (Å²) in [6.07, 6.45) is 0. The first-order chi connectivity index (χ1) is 7.37. The molecule has 1 aromatic heterocycles. The van der Waals surface area contributed by atoms with Crippen LogP contribution >= 0.6 is 11.3 Å². The van der Waals surface area contributed by atoms with Gasteiger partial charge in [-0.25, -0.2) is 13.1 Å². The molecule has 1 rings (SSSR count). The van der Waals surface area contributed by atoms with Crippen LogP contribution in [0, 0.1) is 0 Å². The van der Waals surface area contributed by atoms with E-state index in [1.54, 1.807) is 11.3 Å². The maximum absolute atomic E-state index is 11.5. The maximum atomic E-state index is 11.5. The largest absolute Gasteiger partial charge is 0.329 e. The number of rotatable bonds is 6. The lowest BCUT2D eigenvalue weighted by Gasteiger charge is -2.23. The Morgan fingerprint density at radius 3 is 2.69 bits per heavy atom. The topological polar surface area (TPSA) is 72.2 Å². The molecule has 0 fully saturated rings. The molecule has 0 saturated heterocycles. The highest BCUT2D eigenvalue weighted by atomic mass is 32.2. The highest BCUT2D eigenvalue weighted by Crippen LogP contribution is 2.26. The van der Waals surface area contributed by atoms with Crippen molar-refractivity contribution >= 4 is 21.4 Å². The Bertz CT molecular complexity index is 410. The lowest BCUT2D eigenvalue weighted by molar-refractivity contribution is 0.509. The molecule has 0 aliphatic heterocycles. The summed E-state index contributed by atoms with van der Waals surface area (Å²) in [5, 5.41) is 1.99. The summed E-state index contributed by atoms with van der Waals surface area (Å²) in [4.78, 5) is 1.17. The van der Waals surface area contributed by atoms with Gasteiger partial charge in [0, 0.05) is 23.4 Å². The quantitative estimate of drug-likeness (QED) is 0.800. The first-order valence-corrected chi connectivity index (χ1v) is 7.62. The summed E-state index contributed by atoms with van der Waals surface area (Å²) in [5.41, 5.74) is 5.05. The van der Waals surface area contributed by atoms with E-state index in [9.17, 15) is 8.42 Å². The fourth-order valence-electron chi connectivity index (χ4n) is 1.27. The Labute approximate surface area is 101 Å². The van der Waals surface area contributed by atoms with Gasteiger partial charge in [0.15, 0.2) is 0 Å². The van der Waals surface area contributed by atoms with Crippen LogP contribution in [0.4, 0.5) is 0 Å². The van der Waals surface area contributed by atoms with Crippen molar-refractivity contribution in [2.75, 3.05) is 18.8 Å². The van der Waals surface area contributed by atoms with Crippen molar-refractivity contribution in [3.05, 3.63) is 22.4 Å². The van der Waals surface area contributed by atoms with Crippen molar-refractivity contribution in [2.24, 2.45) is 5.73 Å². The number of nitrogens with two attached hydrogens (primary N) is 1. The minimum absolute atomic E-state index is 0.0203. The number of thiophene rings is 1. The molecule has 1 aromatic rings. The molecule has 0 aliphatic rings. The maximum Gasteiger partial charge on any atom is 0.212 e. The molecular formula is C10H18N2O2S2. The van der Waals surface area contributed by atoms with Crippen molar-refractivity contribution in [3.8, 4) is 0 Å². The zero-order chi connectivity index (χ0) is 12.2. The van der Waals surface area contributed by atoms with Gasteiger partial charge in [-0.1, -0.05) is 19.9 Å². The Morgan fingerprint density at radius 2 is 2.19 bits per heavy atom. The number of hydrogen-bond donors (Lipinski definition) is 2. The van der Waals surface area contributed by atoms with Gasteiger partial charge in [0.2, 0.25) is 10.0 Å². The first kappa shape index (κ1) is 13.6. The molecule has 0 amide bonds. The number of hydrogen-bond acceptors (Lipinski definition) is 4. The van der Waals surface area contributed by atoms with Gasteiger partial charge in [-0.2, -0.15) is 0 Å². The number of sulfonamides is 1. The summed E-state index contributed by atoms with van der Waals surface area (Å²) >= 11 is 1.63. The van der Waals surface area contributed by atoms with Crippen LogP contribution in [-0.4, -0.2) is 27.3 Å². The second kappa shape index (κ2) is 5.27. The molecule has 3 N–H and O–H groups in total. The van der Waals surface area contributed by atoms with Crippen molar-refractivity contribution in [3.63, 3.8) is 0 Å². The molecule has 0 aliphatic carbocycles. The average Bonchev–Trinajstić information content (AvgIpc) is 2.68. The summed E-state index contributed by atoms with van der Waals surface area (Å²) in [7, 11) is -3.23. The highest BCUT2D eigenvalue weighted by Gasteiger charge is 2.23. The molecule has 0 bridgehead atoms. The minimum atomic E-state index is -3.23. The summed E-state index contributed by atoms with van der Waals surface area (Å²) in [6, 6.07) is 3.98. The molecule has 16 heavy (non-hydrogen) atoms. The van der Waals surface area contributed by atoms with E-state index in [1.165, 1.54) is 4.88 Å². The van der Waals surface area contributed by atoms with E-state index in [0.29, 0.717) is 6.54 Å². The molecule has 1 heterocycles. The molecule has 0 radical (unpaired) electrons. The molecule has 0 unspecified atom stereocenters. The van der Waals surface area contributed by atoms with E-state index in [0.717, 1.165) is 0 Å². The second-order valence-electron chi connectivity index (χ2n) is 4.29. The van der Waals surface area contributed by atoms with Crippen LogP contribution in [0.2, 0.25) is 0 Å². The molecule has 6 heteroatoms. The van der Waals surface area contributed by atoms with E-state index in [4.69, 9.17) is 5.73 Å². The third-order valence-electron chi connectivity index (χ3n) is 2.31. The zero-order valence-corrected chi connectivity index (χ0v) is 11.2. The van der Waals surface area contributed by atoms with E-state index < -0.39 is 10.0 Å². The molecule has 0 spiro atoms. The highest BCUT2D eigenvalue weighted by molar-refractivity contribution is 7.89. The van der Waals surface area contributed by atoms with Crippen LogP contribution in [0.1, 0.15) is 18.7 Å². The minimum Gasteiger partial charge on any atom is -0.329 e. The van der Waals surface area contributed by atoms with Gasteiger partial charge < -0.3 is 5.73 Å². The second-order valence-corrected chi connectivity index (χ2v) is 7.16. The van der Waals surface area contributed by atoms with Gasteiger partial charge in [0.25, 0.3) is 0 Å². The summed E-state index contributed by atoms with van der Waals surface area (Å²) in [6.45, 7) is 4.58. The SMILES string of the molecule is CC(C)(CNS(=O)(=O)CCN)c1cccs1. The van der Waals surface area contributed by atoms with Crippen LogP contribution in [0.15, 0.2) is 17.5 Å². The molecule has 0 aromatic carbocycles. The Balaban J connectivity index is 2.62. The number of nitrogens with one attached hydrogen (secondary N) is 1. The van der Waals surface area contributed by atoms with Gasteiger partial charge in [-0.05, 0) is 11.4 Å².